The standard InChI is InChI=1S/C13H25NO3/c1-10(12(15)17-13(2,3)4)16-9-11-5-7-14-8-6-11/h10-11,14H,5-9H2,1-4H3. The molecule has 0 radical (unpaired) electrons. The summed E-state index contributed by atoms with van der Waals surface area (Å²) < 4.78 is 10.8. The van der Waals surface area contributed by atoms with E-state index in [4.69, 9.17) is 9.47 Å². The van der Waals surface area contributed by atoms with Crippen LogP contribution in [0.3, 0.4) is 0 Å². The lowest BCUT2D eigenvalue weighted by Crippen LogP contribution is -2.34. The van der Waals surface area contributed by atoms with Gasteiger partial charge in [-0.2, -0.15) is 0 Å². The molecule has 1 heterocycles. The van der Waals surface area contributed by atoms with Crippen LogP contribution >= 0.6 is 0 Å². The number of carbonyl (C=O) groups is 1. The Morgan fingerprint density at radius 1 is 1.35 bits per heavy atom. The first-order chi connectivity index (χ1) is 7.88. The third-order valence-corrected chi connectivity index (χ3v) is 2.78. The zero-order valence-electron chi connectivity index (χ0n) is 11.4. The summed E-state index contributed by atoms with van der Waals surface area (Å²) in [5.41, 5.74) is -0.441. The Bertz CT molecular complexity index is 242. The van der Waals surface area contributed by atoms with Gasteiger partial charge in [0.25, 0.3) is 0 Å². The fourth-order valence-electron chi connectivity index (χ4n) is 1.78. The quantitative estimate of drug-likeness (QED) is 0.764. The Labute approximate surface area is 104 Å². The summed E-state index contributed by atoms with van der Waals surface area (Å²) >= 11 is 0. The van der Waals surface area contributed by atoms with Gasteiger partial charge in [-0.3, -0.25) is 0 Å². The van der Waals surface area contributed by atoms with Gasteiger partial charge in [-0.25, -0.2) is 4.79 Å². The van der Waals surface area contributed by atoms with Crippen LogP contribution in [0.5, 0.6) is 0 Å². The second-order valence-electron chi connectivity index (χ2n) is 5.70. The van der Waals surface area contributed by atoms with Crippen molar-refractivity contribution in [2.24, 2.45) is 5.92 Å². The van der Waals surface area contributed by atoms with Crippen molar-refractivity contribution in [1.29, 1.82) is 0 Å². The highest BCUT2D eigenvalue weighted by molar-refractivity contribution is 5.74. The Hall–Kier alpha value is -0.610. The Morgan fingerprint density at radius 2 is 1.94 bits per heavy atom. The summed E-state index contributed by atoms with van der Waals surface area (Å²) in [6, 6.07) is 0. The monoisotopic (exact) mass is 243 g/mol. The van der Waals surface area contributed by atoms with E-state index >= 15 is 0 Å². The molecule has 1 saturated heterocycles. The van der Waals surface area contributed by atoms with Crippen LogP contribution in [0.4, 0.5) is 0 Å². The van der Waals surface area contributed by atoms with Gasteiger partial charge < -0.3 is 14.8 Å². The average molecular weight is 243 g/mol. The van der Waals surface area contributed by atoms with Crippen LogP contribution in [0.1, 0.15) is 40.5 Å². The van der Waals surface area contributed by atoms with Gasteiger partial charge in [0.05, 0.1) is 6.61 Å². The van der Waals surface area contributed by atoms with E-state index < -0.39 is 11.7 Å². The molecule has 0 bridgehead atoms. The molecule has 0 aromatic heterocycles. The second-order valence-corrected chi connectivity index (χ2v) is 5.70. The highest BCUT2D eigenvalue weighted by atomic mass is 16.6. The fraction of sp³-hybridized carbons (Fsp3) is 0.923. The minimum Gasteiger partial charge on any atom is -0.458 e. The first-order valence-corrected chi connectivity index (χ1v) is 6.43. The summed E-state index contributed by atoms with van der Waals surface area (Å²) in [5.74, 6) is 0.299. The van der Waals surface area contributed by atoms with Crippen LogP contribution in [-0.2, 0) is 14.3 Å². The third-order valence-electron chi connectivity index (χ3n) is 2.78. The molecule has 1 aliphatic rings. The van der Waals surface area contributed by atoms with Crippen LogP contribution in [0.2, 0.25) is 0 Å². The molecule has 4 nitrogen and oxygen atoms in total. The molecule has 0 spiro atoms. The number of hydrogen-bond acceptors (Lipinski definition) is 4. The zero-order valence-corrected chi connectivity index (χ0v) is 11.4. The van der Waals surface area contributed by atoms with Crippen LogP contribution in [0, 0.1) is 5.92 Å². The van der Waals surface area contributed by atoms with Crippen molar-refractivity contribution >= 4 is 5.97 Å². The highest BCUT2D eigenvalue weighted by Gasteiger charge is 2.23. The maximum Gasteiger partial charge on any atom is 0.335 e. The molecular weight excluding hydrogens is 218 g/mol. The summed E-state index contributed by atoms with van der Waals surface area (Å²) in [6.45, 7) is 10.1. The molecule has 1 fully saturated rings. The molecular formula is C13H25NO3. The van der Waals surface area contributed by atoms with Crippen molar-refractivity contribution in [3.8, 4) is 0 Å². The van der Waals surface area contributed by atoms with Gasteiger partial charge in [-0.1, -0.05) is 0 Å². The van der Waals surface area contributed by atoms with Crippen molar-refractivity contribution in [3.63, 3.8) is 0 Å². The van der Waals surface area contributed by atoms with E-state index in [1.54, 1.807) is 6.92 Å². The van der Waals surface area contributed by atoms with E-state index in [2.05, 4.69) is 5.32 Å². The van der Waals surface area contributed by atoms with E-state index in [1.165, 1.54) is 0 Å². The van der Waals surface area contributed by atoms with E-state index in [0.29, 0.717) is 12.5 Å². The van der Waals surface area contributed by atoms with Crippen LogP contribution in [0.25, 0.3) is 0 Å². The first-order valence-electron chi connectivity index (χ1n) is 6.43. The van der Waals surface area contributed by atoms with Crippen molar-refractivity contribution < 1.29 is 14.3 Å². The fourth-order valence-corrected chi connectivity index (χ4v) is 1.78. The van der Waals surface area contributed by atoms with E-state index in [-0.39, 0.29) is 5.97 Å². The van der Waals surface area contributed by atoms with Gasteiger partial charge in [0.2, 0.25) is 0 Å². The molecule has 17 heavy (non-hydrogen) atoms. The molecule has 0 aliphatic carbocycles. The number of esters is 1. The summed E-state index contributed by atoms with van der Waals surface area (Å²) in [4.78, 5) is 11.7. The molecule has 0 saturated carbocycles. The predicted octanol–water partition coefficient (Wildman–Crippen LogP) is 1.73. The Kier molecular flexibility index (Phi) is 5.40. The lowest BCUT2D eigenvalue weighted by Gasteiger charge is -2.25. The maximum absolute atomic E-state index is 11.7. The highest BCUT2D eigenvalue weighted by Crippen LogP contribution is 2.14. The largest absolute Gasteiger partial charge is 0.458 e. The van der Waals surface area contributed by atoms with Crippen molar-refractivity contribution in [1.82, 2.24) is 5.32 Å². The summed E-state index contributed by atoms with van der Waals surface area (Å²) in [5, 5.41) is 3.31. The van der Waals surface area contributed by atoms with E-state index in [0.717, 1.165) is 25.9 Å². The molecule has 1 atom stereocenters. The predicted molar refractivity (Wildman–Crippen MR) is 66.9 cm³/mol. The maximum atomic E-state index is 11.7. The molecule has 1 unspecified atom stereocenters. The third kappa shape index (κ3) is 6.03. The first kappa shape index (κ1) is 14.5. The van der Waals surface area contributed by atoms with Gasteiger partial charge in [0.15, 0.2) is 6.10 Å². The molecule has 4 heteroatoms. The molecule has 100 valence electrons. The second kappa shape index (κ2) is 6.36. The lowest BCUT2D eigenvalue weighted by atomic mass is 9.99. The van der Waals surface area contributed by atoms with Gasteiger partial charge >= 0.3 is 5.97 Å². The van der Waals surface area contributed by atoms with Crippen molar-refractivity contribution in [2.45, 2.75) is 52.2 Å². The topological polar surface area (TPSA) is 47.6 Å². The van der Waals surface area contributed by atoms with Crippen LogP contribution in [-0.4, -0.2) is 37.4 Å². The van der Waals surface area contributed by atoms with E-state index in [9.17, 15) is 4.79 Å². The summed E-state index contributed by atoms with van der Waals surface area (Å²) in [7, 11) is 0. The van der Waals surface area contributed by atoms with Gasteiger partial charge in [-0.15, -0.1) is 0 Å². The molecule has 0 aromatic carbocycles. The van der Waals surface area contributed by atoms with Gasteiger partial charge in [0, 0.05) is 0 Å². The Morgan fingerprint density at radius 3 is 2.47 bits per heavy atom. The van der Waals surface area contributed by atoms with Crippen molar-refractivity contribution in [3.05, 3.63) is 0 Å². The minimum atomic E-state index is -0.468. The number of piperidine rings is 1. The molecule has 0 amide bonds. The molecule has 0 aromatic rings. The molecule has 1 rings (SSSR count). The number of rotatable bonds is 4. The smallest absolute Gasteiger partial charge is 0.335 e. The number of carbonyl (C=O) groups excluding carboxylic acids is 1. The van der Waals surface area contributed by atoms with E-state index in [1.807, 2.05) is 20.8 Å². The van der Waals surface area contributed by atoms with Crippen LogP contribution < -0.4 is 5.32 Å². The van der Waals surface area contributed by atoms with Crippen molar-refractivity contribution in [2.75, 3.05) is 19.7 Å². The van der Waals surface area contributed by atoms with Gasteiger partial charge in [-0.05, 0) is 59.5 Å². The molecule has 1 aliphatic heterocycles. The van der Waals surface area contributed by atoms with Gasteiger partial charge in [0.1, 0.15) is 5.60 Å². The number of nitrogens with one attached hydrogen (secondary N) is 1. The molecule has 1 N–H and O–H groups in total. The Balaban J connectivity index is 2.23. The summed E-state index contributed by atoms with van der Waals surface area (Å²) in [6.07, 6.45) is 1.78. The zero-order chi connectivity index (χ0) is 12.9. The minimum absolute atomic E-state index is 0.272. The normalized spacial score (nSPS) is 20.0. The number of hydrogen-bond donors (Lipinski definition) is 1. The lowest BCUT2D eigenvalue weighted by molar-refractivity contribution is -0.168. The SMILES string of the molecule is CC(OCC1CCNCC1)C(=O)OC(C)(C)C. The van der Waals surface area contributed by atoms with Crippen LogP contribution in [0.15, 0.2) is 0 Å². The average Bonchev–Trinajstić information content (AvgIpc) is 2.25. The number of ether oxygens (including phenoxy) is 2.